The smallest absolute Gasteiger partial charge is 0.251 e. The zero-order valence-corrected chi connectivity index (χ0v) is 11.5. The first kappa shape index (κ1) is 15.0. The van der Waals surface area contributed by atoms with Crippen molar-refractivity contribution in [1.82, 2.24) is 5.32 Å². The van der Waals surface area contributed by atoms with E-state index in [9.17, 15) is 13.6 Å². The highest BCUT2D eigenvalue weighted by Gasteiger charge is 2.09. The molecule has 0 radical (unpaired) electrons. The topological polar surface area (TPSA) is 38.3 Å². The van der Waals surface area contributed by atoms with E-state index < -0.39 is 5.82 Å². The fraction of sp³-hybridized carbons (Fsp3) is 0.188. The second-order valence-electron chi connectivity index (χ2n) is 4.49. The van der Waals surface area contributed by atoms with Gasteiger partial charge in [0, 0.05) is 12.1 Å². The zero-order chi connectivity index (χ0) is 15.2. The van der Waals surface area contributed by atoms with Gasteiger partial charge in [-0.25, -0.2) is 8.78 Å². The van der Waals surface area contributed by atoms with Crippen molar-refractivity contribution in [3.8, 4) is 5.75 Å². The zero-order valence-electron chi connectivity index (χ0n) is 11.5. The molecule has 0 aliphatic heterocycles. The fourth-order valence-corrected chi connectivity index (χ4v) is 1.92. The lowest BCUT2D eigenvalue weighted by molar-refractivity contribution is 0.0953. The number of halogens is 2. The Kier molecular flexibility index (Phi) is 4.87. The maximum absolute atomic E-state index is 13.5. The molecule has 2 aromatic carbocycles. The van der Waals surface area contributed by atoms with Crippen LogP contribution in [0.15, 0.2) is 42.5 Å². The van der Waals surface area contributed by atoms with E-state index in [0.29, 0.717) is 13.0 Å². The monoisotopic (exact) mass is 291 g/mol. The van der Waals surface area contributed by atoms with E-state index in [1.54, 1.807) is 12.1 Å². The molecule has 0 fully saturated rings. The first-order chi connectivity index (χ1) is 10.1. The van der Waals surface area contributed by atoms with Crippen molar-refractivity contribution in [3.05, 3.63) is 65.2 Å². The van der Waals surface area contributed by atoms with Gasteiger partial charge in [-0.2, -0.15) is 0 Å². The minimum Gasteiger partial charge on any atom is -0.494 e. The number of carbonyl (C=O) groups excluding carboxylic acids is 1. The van der Waals surface area contributed by atoms with E-state index in [-0.39, 0.29) is 23.0 Å². The molecule has 0 aliphatic carbocycles. The molecule has 0 bridgehead atoms. The van der Waals surface area contributed by atoms with Crippen molar-refractivity contribution in [2.45, 2.75) is 6.42 Å². The third-order valence-corrected chi connectivity index (χ3v) is 3.00. The standard InChI is InChI=1S/C16H15F2NO2/c1-21-15-6-5-12(10-14(15)18)16(20)19-8-7-11-3-2-4-13(17)9-11/h2-6,9-10H,7-8H2,1H3,(H,19,20). The number of amides is 1. The maximum Gasteiger partial charge on any atom is 0.251 e. The van der Waals surface area contributed by atoms with E-state index in [1.165, 1.54) is 31.4 Å². The Morgan fingerprint density at radius 1 is 1.19 bits per heavy atom. The van der Waals surface area contributed by atoms with Gasteiger partial charge in [0.05, 0.1) is 7.11 Å². The summed E-state index contributed by atoms with van der Waals surface area (Å²) < 4.78 is 31.3. The van der Waals surface area contributed by atoms with E-state index in [0.717, 1.165) is 11.6 Å². The van der Waals surface area contributed by atoms with Crippen LogP contribution >= 0.6 is 0 Å². The first-order valence-electron chi connectivity index (χ1n) is 6.46. The summed E-state index contributed by atoms with van der Waals surface area (Å²) in [6, 6.07) is 10.2. The highest BCUT2D eigenvalue weighted by Crippen LogP contribution is 2.17. The number of rotatable bonds is 5. The normalized spacial score (nSPS) is 10.2. The number of methoxy groups -OCH3 is 1. The summed E-state index contributed by atoms with van der Waals surface area (Å²) in [6.07, 6.45) is 0.502. The molecule has 21 heavy (non-hydrogen) atoms. The number of ether oxygens (including phenoxy) is 1. The predicted molar refractivity (Wildman–Crippen MR) is 75.4 cm³/mol. The summed E-state index contributed by atoms with van der Waals surface area (Å²) in [5.74, 6) is -1.19. The van der Waals surface area contributed by atoms with Gasteiger partial charge in [-0.05, 0) is 42.3 Å². The Labute approximate surface area is 121 Å². The molecule has 0 spiro atoms. The fourth-order valence-electron chi connectivity index (χ4n) is 1.92. The van der Waals surface area contributed by atoms with Gasteiger partial charge in [0.2, 0.25) is 0 Å². The van der Waals surface area contributed by atoms with Crippen LogP contribution in [0, 0.1) is 11.6 Å². The Balaban J connectivity index is 1.91. The van der Waals surface area contributed by atoms with Gasteiger partial charge in [0.1, 0.15) is 5.82 Å². The van der Waals surface area contributed by atoms with Gasteiger partial charge in [0.25, 0.3) is 5.91 Å². The minimum atomic E-state index is -0.588. The van der Waals surface area contributed by atoms with Gasteiger partial charge in [-0.15, -0.1) is 0 Å². The van der Waals surface area contributed by atoms with Gasteiger partial charge in [-0.1, -0.05) is 12.1 Å². The highest BCUT2D eigenvalue weighted by molar-refractivity contribution is 5.94. The molecule has 0 aromatic heterocycles. The van der Waals surface area contributed by atoms with Crippen molar-refractivity contribution >= 4 is 5.91 Å². The van der Waals surface area contributed by atoms with Crippen molar-refractivity contribution in [1.29, 1.82) is 0 Å². The maximum atomic E-state index is 13.5. The summed E-state index contributed by atoms with van der Waals surface area (Å²) in [5.41, 5.74) is 1.00. The molecule has 1 N–H and O–H groups in total. The largest absolute Gasteiger partial charge is 0.494 e. The van der Waals surface area contributed by atoms with Crippen LogP contribution in [0.2, 0.25) is 0 Å². The van der Waals surface area contributed by atoms with Crippen LogP contribution in [0.5, 0.6) is 5.75 Å². The minimum absolute atomic E-state index is 0.0892. The molecule has 1 amide bonds. The van der Waals surface area contributed by atoms with Gasteiger partial charge in [0.15, 0.2) is 11.6 Å². The molecule has 2 aromatic rings. The molecule has 2 rings (SSSR count). The number of hydrogen-bond acceptors (Lipinski definition) is 2. The third kappa shape index (κ3) is 4.02. The number of benzene rings is 2. The number of nitrogens with one attached hydrogen (secondary N) is 1. The summed E-state index contributed by atoms with van der Waals surface area (Å²) in [4.78, 5) is 11.9. The molecule has 3 nitrogen and oxygen atoms in total. The van der Waals surface area contributed by atoms with E-state index in [1.807, 2.05) is 0 Å². The van der Waals surface area contributed by atoms with Crippen LogP contribution in [0.1, 0.15) is 15.9 Å². The Morgan fingerprint density at radius 3 is 2.67 bits per heavy atom. The van der Waals surface area contributed by atoms with Crippen LogP contribution in [0.3, 0.4) is 0 Å². The van der Waals surface area contributed by atoms with E-state index in [4.69, 9.17) is 4.74 Å². The Bertz CT molecular complexity index is 644. The van der Waals surface area contributed by atoms with Crippen molar-refractivity contribution in [3.63, 3.8) is 0 Å². The predicted octanol–water partition coefficient (Wildman–Crippen LogP) is 2.95. The lowest BCUT2D eigenvalue weighted by Gasteiger charge is -2.07. The number of carbonyl (C=O) groups is 1. The van der Waals surface area contributed by atoms with Crippen molar-refractivity contribution in [2.24, 2.45) is 0 Å². The molecule has 0 atom stereocenters. The SMILES string of the molecule is COc1ccc(C(=O)NCCc2cccc(F)c2)cc1F. The highest BCUT2D eigenvalue weighted by atomic mass is 19.1. The van der Waals surface area contributed by atoms with Crippen LogP contribution in [-0.4, -0.2) is 19.6 Å². The lowest BCUT2D eigenvalue weighted by atomic mass is 10.1. The molecule has 5 heteroatoms. The van der Waals surface area contributed by atoms with Gasteiger partial charge in [-0.3, -0.25) is 4.79 Å². The average Bonchev–Trinajstić information content (AvgIpc) is 2.47. The second-order valence-corrected chi connectivity index (χ2v) is 4.49. The molecule has 110 valence electrons. The molecule has 0 saturated carbocycles. The van der Waals surface area contributed by atoms with E-state index >= 15 is 0 Å². The van der Waals surface area contributed by atoms with Gasteiger partial charge < -0.3 is 10.1 Å². The van der Waals surface area contributed by atoms with E-state index in [2.05, 4.69) is 5.32 Å². The molecule has 0 saturated heterocycles. The quantitative estimate of drug-likeness (QED) is 0.920. The molecular weight excluding hydrogens is 276 g/mol. The summed E-state index contributed by atoms with van der Waals surface area (Å²) in [7, 11) is 1.36. The average molecular weight is 291 g/mol. The first-order valence-corrected chi connectivity index (χ1v) is 6.46. The van der Waals surface area contributed by atoms with Crippen molar-refractivity contribution < 1.29 is 18.3 Å². The van der Waals surface area contributed by atoms with Crippen LogP contribution in [-0.2, 0) is 6.42 Å². The van der Waals surface area contributed by atoms with Crippen LogP contribution < -0.4 is 10.1 Å². The number of hydrogen-bond donors (Lipinski definition) is 1. The Hall–Kier alpha value is -2.43. The molecule has 0 unspecified atom stereocenters. The van der Waals surface area contributed by atoms with Gasteiger partial charge >= 0.3 is 0 Å². The Morgan fingerprint density at radius 2 is 2.00 bits per heavy atom. The third-order valence-electron chi connectivity index (χ3n) is 3.00. The molecule has 0 heterocycles. The molecule has 0 aliphatic rings. The molecular formula is C16H15F2NO2. The van der Waals surface area contributed by atoms with Crippen molar-refractivity contribution in [2.75, 3.05) is 13.7 Å². The summed E-state index contributed by atoms with van der Waals surface area (Å²) >= 11 is 0. The summed E-state index contributed by atoms with van der Waals surface area (Å²) in [6.45, 7) is 0.343. The van der Waals surface area contributed by atoms with Crippen LogP contribution in [0.4, 0.5) is 8.78 Å². The lowest BCUT2D eigenvalue weighted by Crippen LogP contribution is -2.25. The summed E-state index contributed by atoms with van der Waals surface area (Å²) in [5, 5.41) is 2.66. The second kappa shape index (κ2) is 6.83. The van der Waals surface area contributed by atoms with Crippen LogP contribution in [0.25, 0.3) is 0 Å².